The van der Waals surface area contributed by atoms with Crippen LogP contribution in [0.1, 0.15) is 30.1 Å². The van der Waals surface area contributed by atoms with Gasteiger partial charge in [-0.2, -0.15) is 0 Å². The number of piperidine rings is 1. The van der Waals surface area contributed by atoms with Crippen LogP contribution in [0.2, 0.25) is 5.02 Å². The van der Waals surface area contributed by atoms with E-state index in [-0.39, 0.29) is 5.91 Å². The van der Waals surface area contributed by atoms with E-state index in [1.807, 2.05) is 17.0 Å². The summed E-state index contributed by atoms with van der Waals surface area (Å²) >= 11 is 6.01. The maximum Gasteiger partial charge on any atom is 0.254 e. The Morgan fingerprint density at radius 3 is 2.11 bits per heavy atom. The van der Waals surface area contributed by atoms with Gasteiger partial charge in [-0.05, 0) is 49.1 Å². The van der Waals surface area contributed by atoms with E-state index < -0.39 is 0 Å². The molecule has 7 heteroatoms. The lowest BCUT2D eigenvalue weighted by atomic mass is 9.99. The number of aromatic nitrogens is 2. The van der Waals surface area contributed by atoms with Crippen molar-refractivity contribution >= 4 is 29.1 Å². The summed E-state index contributed by atoms with van der Waals surface area (Å²) in [6.45, 7) is 7.25. The molecular formula is C21H26ClN5O. The first kappa shape index (κ1) is 19.0. The molecule has 1 aromatic heterocycles. The van der Waals surface area contributed by atoms with Crippen LogP contribution < -0.4 is 9.80 Å². The number of nitrogens with zero attached hydrogens (tertiary/aromatic N) is 5. The van der Waals surface area contributed by atoms with Crippen LogP contribution in [0.15, 0.2) is 36.4 Å². The fourth-order valence-electron chi connectivity index (χ4n) is 3.84. The highest BCUT2D eigenvalue weighted by molar-refractivity contribution is 6.30. The van der Waals surface area contributed by atoms with Gasteiger partial charge in [0.1, 0.15) is 0 Å². The van der Waals surface area contributed by atoms with Crippen LogP contribution in [-0.4, -0.2) is 60.3 Å². The number of anilines is 2. The topological polar surface area (TPSA) is 52.6 Å². The van der Waals surface area contributed by atoms with Crippen molar-refractivity contribution in [1.82, 2.24) is 15.1 Å². The Kier molecular flexibility index (Phi) is 5.67. The molecule has 2 aromatic rings. The Hall–Kier alpha value is -2.34. The zero-order valence-electron chi connectivity index (χ0n) is 16.2. The van der Waals surface area contributed by atoms with E-state index in [9.17, 15) is 4.79 Å². The molecule has 148 valence electrons. The molecule has 4 rings (SSSR count). The van der Waals surface area contributed by atoms with E-state index in [4.69, 9.17) is 11.6 Å². The van der Waals surface area contributed by atoms with E-state index in [2.05, 4.69) is 39.1 Å². The van der Waals surface area contributed by atoms with Gasteiger partial charge in [0.2, 0.25) is 0 Å². The number of piperazine rings is 1. The van der Waals surface area contributed by atoms with Gasteiger partial charge in [0, 0.05) is 49.9 Å². The quantitative estimate of drug-likeness (QED) is 0.792. The van der Waals surface area contributed by atoms with Crippen LogP contribution in [-0.2, 0) is 0 Å². The van der Waals surface area contributed by atoms with Crippen LogP contribution in [0, 0.1) is 5.92 Å². The predicted octanol–water partition coefficient (Wildman–Crippen LogP) is 3.33. The lowest BCUT2D eigenvalue weighted by Gasteiger charge is -2.35. The summed E-state index contributed by atoms with van der Waals surface area (Å²) in [5, 5.41) is 9.49. The molecule has 2 saturated heterocycles. The molecule has 2 aliphatic heterocycles. The second-order valence-corrected chi connectivity index (χ2v) is 8.15. The number of halogens is 1. The summed E-state index contributed by atoms with van der Waals surface area (Å²) in [6.07, 6.45) is 2.43. The largest absolute Gasteiger partial charge is 0.355 e. The molecule has 3 heterocycles. The van der Waals surface area contributed by atoms with Crippen molar-refractivity contribution in [2.75, 3.05) is 49.1 Å². The average Bonchev–Trinajstić information content (AvgIpc) is 2.74. The summed E-state index contributed by atoms with van der Waals surface area (Å²) in [4.78, 5) is 19.0. The summed E-state index contributed by atoms with van der Waals surface area (Å²) in [6, 6.07) is 11.2. The Morgan fingerprint density at radius 2 is 1.54 bits per heavy atom. The minimum absolute atomic E-state index is 0.0305. The summed E-state index contributed by atoms with van der Waals surface area (Å²) < 4.78 is 0. The molecule has 0 aliphatic carbocycles. The molecule has 6 nitrogen and oxygen atoms in total. The highest BCUT2D eigenvalue weighted by atomic mass is 35.5. The lowest BCUT2D eigenvalue weighted by Crippen LogP contribution is -2.49. The molecule has 28 heavy (non-hydrogen) atoms. The van der Waals surface area contributed by atoms with Crippen molar-refractivity contribution in [1.29, 1.82) is 0 Å². The van der Waals surface area contributed by atoms with Gasteiger partial charge in [-0.3, -0.25) is 4.79 Å². The highest BCUT2D eigenvalue weighted by Gasteiger charge is 2.24. The zero-order chi connectivity index (χ0) is 19.5. The summed E-state index contributed by atoms with van der Waals surface area (Å²) in [5.74, 6) is 2.67. The van der Waals surface area contributed by atoms with Crippen LogP contribution in [0.4, 0.5) is 11.6 Å². The van der Waals surface area contributed by atoms with Gasteiger partial charge in [0.05, 0.1) is 0 Å². The number of rotatable bonds is 3. The standard InChI is InChI=1S/C21H26ClN5O/c1-16-7-9-25(10-8-16)19-5-6-20(24-23-19)26-11-13-27(14-12-26)21(28)17-3-2-4-18(22)15-17/h2-6,15-16H,7-14H2,1H3. The van der Waals surface area contributed by atoms with E-state index in [1.165, 1.54) is 12.8 Å². The molecule has 0 radical (unpaired) electrons. The van der Waals surface area contributed by atoms with Crippen LogP contribution >= 0.6 is 11.6 Å². The van der Waals surface area contributed by atoms with Crippen molar-refractivity contribution in [2.45, 2.75) is 19.8 Å². The number of carbonyl (C=O) groups excluding carboxylic acids is 1. The fourth-order valence-corrected chi connectivity index (χ4v) is 4.03. The van der Waals surface area contributed by atoms with Crippen molar-refractivity contribution in [3.8, 4) is 0 Å². The van der Waals surface area contributed by atoms with E-state index in [0.29, 0.717) is 23.7 Å². The molecule has 0 bridgehead atoms. The maximum atomic E-state index is 12.7. The third-order valence-corrected chi connectivity index (χ3v) is 5.94. The van der Waals surface area contributed by atoms with Gasteiger partial charge in [-0.1, -0.05) is 24.6 Å². The highest BCUT2D eigenvalue weighted by Crippen LogP contribution is 2.22. The molecular weight excluding hydrogens is 374 g/mol. The predicted molar refractivity (Wildman–Crippen MR) is 112 cm³/mol. The minimum Gasteiger partial charge on any atom is -0.355 e. The van der Waals surface area contributed by atoms with Crippen molar-refractivity contribution in [2.24, 2.45) is 5.92 Å². The minimum atomic E-state index is 0.0305. The zero-order valence-corrected chi connectivity index (χ0v) is 17.0. The van der Waals surface area contributed by atoms with Gasteiger partial charge in [-0.15, -0.1) is 10.2 Å². The van der Waals surface area contributed by atoms with E-state index >= 15 is 0 Å². The van der Waals surface area contributed by atoms with Crippen LogP contribution in [0.3, 0.4) is 0 Å². The molecule has 0 atom stereocenters. The van der Waals surface area contributed by atoms with Gasteiger partial charge in [-0.25, -0.2) is 0 Å². The van der Waals surface area contributed by atoms with Crippen LogP contribution in [0.5, 0.6) is 0 Å². The molecule has 0 spiro atoms. The number of amides is 1. The van der Waals surface area contributed by atoms with Crippen molar-refractivity contribution in [3.05, 3.63) is 47.0 Å². The first-order valence-corrected chi connectivity index (χ1v) is 10.4. The van der Waals surface area contributed by atoms with Gasteiger partial charge < -0.3 is 14.7 Å². The Labute approximate surface area is 171 Å². The maximum absolute atomic E-state index is 12.7. The average molecular weight is 400 g/mol. The molecule has 0 saturated carbocycles. The van der Waals surface area contributed by atoms with Gasteiger partial charge >= 0.3 is 0 Å². The molecule has 0 unspecified atom stereocenters. The Bertz CT molecular complexity index is 812. The summed E-state index contributed by atoms with van der Waals surface area (Å²) in [7, 11) is 0. The number of carbonyl (C=O) groups is 1. The van der Waals surface area contributed by atoms with Gasteiger partial charge in [0.25, 0.3) is 5.91 Å². The second kappa shape index (κ2) is 8.35. The monoisotopic (exact) mass is 399 g/mol. The Morgan fingerprint density at radius 1 is 0.929 bits per heavy atom. The SMILES string of the molecule is CC1CCN(c2ccc(N3CCN(C(=O)c4cccc(Cl)c4)CC3)nn2)CC1. The van der Waals surface area contributed by atoms with Crippen LogP contribution in [0.25, 0.3) is 0 Å². The number of hydrogen-bond acceptors (Lipinski definition) is 5. The van der Waals surface area contributed by atoms with Crippen molar-refractivity contribution in [3.63, 3.8) is 0 Å². The molecule has 1 aromatic carbocycles. The lowest BCUT2D eigenvalue weighted by molar-refractivity contribution is 0.0746. The first-order valence-electron chi connectivity index (χ1n) is 9.98. The van der Waals surface area contributed by atoms with Crippen molar-refractivity contribution < 1.29 is 4.79 Å². The summed E-state index contributed by atoms with van der Waals surface area (Å²) in [5.41, 5.74) is 0.640. The molecule has 2 fully saturated rings. The number of benzene rings is 1. The van der Waals surface area contributed by atoms with Gasteiger partial charge in [0.15, 0.2) is 11.6 Å². The fraction of sp³-hybridized carbons (Fsp3) is 0.476. The molecule has 1 amide bonds. The second-order valence-electron chi connectivity index (χ2n) is 7.71. The third kappa shape index (κ3) is 4.22. The molecule has 2 aliphatic rings. The smallest absolute Gasteiger partial charge is 0.254 e. The Balaban J connectivity index is 1.34. The van der Waals surface area contributed by atoms with E-state index in [1.54, 1.807) is 12.1 Å². The molecule has 0 N–H and O–H groups in total. The first-order chi connectivity index (χ1) is 13.6. The number of hydrogen-bond donors (Lipinski definition) is 0. The van der Waals surface area contributed by atoms with E-state index in [0.717, 1.165) is 43.7 Å². The third-order valence-electron chi connectivity index (χ3n) is 5.71. The normalized spacial score (nSPS) is 18.4.